The van der Waals surface area contributed by atoms with Gasteiger partial charge in [-0.15, -0.1) is 0 Å². The third kappa shape index (κ3) is 7.45. The van der Waals surface area contributed by atoms with Crippen molar-refractivity contribution in [1.82, 2.24) is 0 Å². The molecule has 0 aliphatic carbocycles. The van der Waals surface area contributed by atoms with Crippen molar-refractivity contribution in [2.24, 2.45) is 0 Å². The summed E-state index contributed by atoms with van der Waals surface area (Å²) in [6.07, 6.45) is 0. The number of hydrogen-bond donors (Lipinski definition) is 0. The van der Waals surface area contributed by atoms with Gasteiger partial charge in [0.25, 0.3) is 0 Å². The summed E-state index contributed by atoms with van der Waals surface area (Å²) in [4.78, 5) is 11.0. The number of rotatable bonds is 7. The summed E-state index contributed by atoms with van der Waals surface area (Å²) in [6.45, 7) is 1.05. The molecule has 0 aliphatic rings. The molecule has 12 heteroatoms. The van der Waals surface area contributed by atoms with Crippen molar-refractivity contribution in [2.75, 3.05) is 6.61 Å². The average molecular weight is 404 g/mol. The number of fused-ring (bicyclic) bond motifs is 1. The summed E-state index contributed by atoms with van der Waals surface area (Å²) >= 11 is 0.615. The molecule has 25 heavy (non-hydrogen) atoms. The van der Waals surface area contributed by atoms with E-state index >= 15 is 0 Å². The van der Waals surface area contributed by atoms with E-state index in [1.54, 1.807) is 12.1 Å². The standard InChI is InChI=1S/C13H12O8S2.2Na/c1-8(14)7-19-13-6-11(23(16,17)18)5-9-4-10(22-21-20-15)2-3-12(9)13;;/h2-6,15H,7H2,1H3,(H,16,17,18);;/q;2*+1/p-2. The van der Waals surface area contributed by atoms with Crippen molar-refractivity contribution in [2.45, 2.75) is 16.7 Å². The largest absolute Gasteiger partial charge is 1.00 e. The summed E-state index contributed by atoms with van der Waals surface area (Å²) in [7, 11) is -4.71. The molecule has 0 spiro atoms. The van der Waals surface area contributed by atoms with E-state index in [1.807, 2.05) is 0 Å². The summed E-state index contributed by atoms with van der Waals surface area (Å²) in [5.41, 5.74) is 0. The van der Waals surface area contributed by atoms with E-state index in [0.29, 0.717) is 27.7 Å². The molecule has 0 aliphatic heterocycles. The Hall–Kier alpha value is 0.310. The van der Waals surface area contributed by atoms with Crippen molar-refractivity contribution in [3.05, 3.63) is 30.3 Å². The van der Waals surface area contributed by atoms with E-state index in [-0.39, 0.29) is 77.3 Å². The van der Waals surface area contributed by atoms with Gasteiger partial charge in [0.2, 0.25) is 0 Å². The first-order chi connectivity index (χ1) is 10.8. The van der Waals surface area contributed by atoms with Crippen LogP contribution in [0.3, 0.4) is 0 Å². The maximum atomic E-state index is 11.3. The van der Waals surface area contributed by atoms with Gasteiger partial charge in [0.15, 0.2) is 5.78 Å². The Morgan fingerprint density at radius 2 is 1.88 bits per heavy atom. The zero-order valence-electron chi connectivity index (χ0n) is 13.7. The second-order valence-electron chi connectivity index (χ2n) is 4.47. The van der Waals surface area contributed by atoms with Gasteiger partial charge in [-0.1, -0.05) is 0 Å². The molecule has 0 aromatic heterocycles. The maximum absolute atomic E-state index is 11.3. The van der Waals surface area contributed by atoms with Crippen LogP contribution in [0.1, 0.15) is 6.92 Å². The van der Waals surface area contributed by atoms with Gasteiger partial charge in [0.05, 0.1) is 16.9 Å². The Bertz CT molecular complexity index is 841. The number of ether oxygens (including phenoxy) is 1. The van der Waals surface area contributed by atoms with Crippen LogP contribution in [0, 0.1) is 0 Å². The second kappa shape index (κ2) is 11.2. The second-order valence-corrected chi connectivity index (χ2v) is 6.62. The van der Waals surface area contributed by atoms with Crippen LogP contribution in [-0.2, 0) is 24.3 Å². The minimum absolute atomic E-state index is 0. The number of hydrogen-bond acceptors (Lipinski definition) is 9. The van der Waals surface area contributed by atoms with E-state index in [2.05, 4.69) is 9.37 Å². The number of Topliss-reactive ketones (excluding diaryl/α,β-unsaturated/α-hetero) is 1. The van der Waals surface area contributed by atoms with Crippen LogP contribution in [0.5, 0.6) is 5.75 Å². The summed E-state index contributed by atoms with van der Waals surface area (Å²) in [5.74, 6) is -0.175. The molecule has 0 bridgehead atoms. The van der Waals surface area contributed by atoms with Crippen molar-refractivity contribution in [3.8, 4) is 5.75 Å². The fourth-order valence-corrected chi connectivity index (χ4v) is 2.76. The number of carbonyl (C=O) groups is 1. The smallest absolute Gasteiger partial charge is 0.744 e. The topological polar surface area (TPSA) is 125 Å². The van der Waals surface area contributed by atoms with Crippen LogP contribution < -0.4 is 69.1 Å². The predicted octanol–water partition coefficient (Wildman–Crippen LogP) is -5.05. The number of ketones is 1. The molecule has 124 valence electrons. The molecule has 2 rings (SSSR count). The van der Waals surface area contributed by atoms with Crippen molar-refractivity contribution < 1.29 is 96.2 Å². The summed E-state index contributed by atoms with van der Waals surface area (Å²) in [5, 5.41) is 13.9. The van der Waals surface area contributed by atoms with Crippen LogP contribution >= 0.6 is 12.0 Å². The van der Waals surface area contributed by atoms with Crippen LogP contribution in [0.15, 0.2) is 40.1 Å². The zero-order valence-corrected chi connectivity index (χ0v) is 19.3. The first-order valence-electron chi connectivity index (χ1n) is 6.10. The van der Waals surface area contributed by atoms with Crippen LogP contribution in [-0.4, -0.2) is 25.4 Å². The first-order valence-corrected chi connectivity index (χ1v) is 8.25. The van der Waals surface area contributed by atoms with Gasteiger partial charge in [0, 0.05) is 10.3 Å². The Morgan fingerprint density at radius 3 is 2.44 bits per heavy atom. The molecule has 0 unspecified atom stereocenters. The maximum Gasteiger partial charge on any atom is 1.00 e. The molecule has 2 aromatic rings. The van der Waals surface area contributed by atoms with Gasteiger partial charge in [-0.3, -0.25) is 9.83 Å². The first kappa shape index (κ1) is 25.3. The van der Waals surface area contributed by atoms with E-state index in [1.165, 1.54) is 19.1 Å². The van der Waals surface area contributed by atoms with Crippen LogP contribution in [0.25, 0.3) is 10.8 Å². The predicted molar refractivity (Wildman–Crippen MR) is 76.1 cm³/mol. The Morgan fingerprint density at radius 1 is 1.20 bits per heavy atom. The molecular formula is C13H10Na2O8S2. The minimum atomic E-state index is -4.71. The van der Waals surface area contributed by atoms with Gasteiger partial charge in [0.1, 0.15) is 22.5 Å². The summed E-state index contributed by atoms with van der Waals surface area (Å²) < 4.78 is 43.2. The van der Waals surface area contributed by atoms with Crippen molar-refractivity contribution >= 4 is 38.7 Å². The molecular weight excluding hydrogens is 394 g/mol. The van der Waals surface area contributed by atoms with E-state index < -0.39 is 15.0 Å². The molecule has 2 aromatic carbocycles. The van der Waals surface area contributed by atoms with Crippen LogP contribution in [0.2, 0.25) is 0 Å². The van der Waals surface area contributed by atoms with Gasteiger partial charge < -0.3 is 14.5 Å². The van der Waals surface area contributed by atoms with E-state index in [4.69, 9.17) is 4.74 Å². The Kier molecular flexibility index (Phi) is 11.4. The average Bonchev–Trinajstić information content (AvgIpc) is 2.48. The molecule has 0 saturated heterocycles. The molecule has 0 fully saturated rings. The number of carbonyl (C=O) groups excluding carboxylic acids is 1. The molecule has 0 saturated carbocycles. The van der Waals surface area contributed by atoms with Crippen molar-refractivity contribution in [3.63, 3.8) is 0 Å². The molecule has 0 N–H and O–H groups in total. The quantitative estimate of drug-likeness (QED) is 0.147. The Balaban J connectivity index is 0.00000288. The summed E-state index contributed by atoms with van der Waals surface area (Å²) in [6, 6.07) is 6.85. The third-order valence-corrected chi connectivity index (χ3v) is 4.12. The van der Waals surface area contributed by atoms with E-state index in [0.717, 1.165) is 6.07 Å². The van der Waals surface area contributed by atoms with E-state index in [9.17, 15) is 23.0 Å². The molecule has 8 nitrogen and oxygen atoms in total. The monoisotopic (exact) mass is 404 g/mol. The molecule has 0 radical (unpaired) electrons. The molecule has 0 amide bonds. The number of benzene rings is 2. The van der Waals surface area contributed by atoms with Gasteiger partial charge in [-0.25, -0.2) is 8.42 Å². The SMILES string of the molecule is CC(=O)COc1cc(S(=O)(=O)[O-])cc2cc(SOO[O-])ccc12.[Na+].[Na+]. The zero-order chi connectivity index (χ0) is 17.0. The fourth-order valence-electron chi connectivity index (χ4n) is 1.83. The van der Waals surface area contributed by atoms with Gasteiger partial charge in [-0.2, -0.15) is 4.33 Å². The minimum Gasteiger partial charge on any atom is -0.744 e. The van der Waals surface area contributed by atoms with Crippen LogP contribution in [0.4, 0.5) is 0 Å². The normalized spacial score (nSPS) is 10.7. The Labute approximate surface area is 192 Å². The van der Waals surface area contributed by atoms with Crippen molar-refractivity contribution in [1.29, 1.82) is 0 Å². The van der Waals surface area contributed by atoms with Gasteiger partial charge in [-0.05, 0) is 42.6 Å². The third-order valence-electron chi connectivity index (χ3n) is 2.74. The molecule has 0 atom stereocenters. The molecule has 0 heterocycles. The fraction of sp³-hybridized carbons (Fsp3) is 0.154. The van der Waals surface area contributed by atoms with Gasteiger partial charge >= 0.3 is 59.1 Å².